The largest absolute Gasteiger partial charge is 0.495 e. The molecule has 0 radical (unpaired) electrons. The lowest BCUT2D eigenvalue weighted by Crippen LogP contribution is -2.32. The number of nitrogens with one attached hydrogen (secondary N) is 1. The number of rotatable bonds is 4. The van der Waals surface area contributed by atoms with E-state index in [9.17, 15) is 13.2 Å². The second kappa shape index (κ2) is 7.22. The van der Waals surface area contributed by atoms with Gasteiger partial charge in [0.15, 0.2) is 0 Å². The molecule has 2 aromatic carbocycles. The summed E-state index contributed by atoms with van der Waals surface area (Å²) in [6.07, 6.45) is 0. The molecule has 7 heteroatoms. The molecule has 0 bridgehead atoms. The van der Waals surface area contributed by atoms with Crippen molar-refractivity contribution in [1.82, 2.24) is 4.72 Å². The Kier molecular flexibility index (Phi) is 5.25. The van der Waals surface area contributed by atoms with E-state index in [-0.39, 0.29) is 27.9 Å². The van der Waals surface area contributed by atoms with E-state index in [4.69, 9.17) is 4.74 Å². The van der Waals surface area contributed by atoms with Gasteiger partial charge in [0.25, 0.3) is 5.91 Å². The zero-order valence-corrected chi connectivity index (χ0v) is 17.6. The Labute approximate surface area is 166 Å². The van der Waals surface area contributed by atoms with Gasteiger partial charge in [-0.1, -0.05) is 39.0 Å². The summed E-state index contributed by atoms with van der Waals surface area (Å²) in [4.78, 5) is 15.0. The number of anilines is 1. The molecular weight excluding hydrogens is 376 g/mol. The maximum Gasteiger partial charge on any atom is 0.258 e. The Bertz CT molecular complexity index is 1010. The summed E-state index contributed by atoms with van der Waals surface area (Å²) in [5.41, 5.74) is 2.31. The standard InChI is InChI=1S/C21H26N2O4S/c1-21(2,3)16-13-23(17-9-7-6-8-15(16)17)20(24)14-10-11-18(27-5)19(12-14)28(25,26)22-4/h6-12,16,22H,13H2,1-5H3. The maximum absolute atomic E-state index is 13.3. The van der Waals surface area contributed by atoms with Gasteiger partial charge in [0.05, 0.1) is 7.11 Å². The summed E-state index contributed by atoms with van der Waals surface area (Å²) < 4.78 is 32.1. The third kappa shape index (κ3) is 3.52. The van der Waals surface area contributed by atoms with E-state index < -0.39 is 10.0 Å². The van der Waals surface area contributed by atoms with Gasteiger partial charge in [-0.3, -0.25) is 4.79 Å². The molecule has 6 nitrogen and oxygen atoms in total. The minimum Gasteiger partial charge on any atom is -0.495 e. The fourth-order valence-electron chi connectivity index (χ4n) is 3.63. The highest BCUT2D eigenvalue weighted by Crippen LogP contribution is 2.46. The van der Waals surface area contributed by atoms with Gasteiger partial charge in [-0.25, -0.2) is 13.1 Å². The number of sulfonamides is 1. The molecule has 0 aromatic heterocycles. The minimum absolute atomic E-state index is 0.00826. The topological polar surface area (TPSA) is 75.7 Å². The first kappa shape index (κ1) is 20.4. The third-order valence-corrected chi connectivity index (χ3v) is 6.66. The number of ether oxygens (including phenoxy) is 1. The first-order valence-electron chi connectivity index (χ1n) is 9.12. The lowest BCUT2D eigenvalue weighted by atomic mass is 9.78. The smallest absolute Gasteiger partial charge is 0.258 e. The number of fused-ring (bicyclic) bond motifs is 1. The third-order valence-electron chi connectivity index (χ3n) is 5.23. The molecule has 0 aliphatic carbocycles. The molecule has 1 heterocycles. The van der Waals surface area contributed by atoms with E-state index in [1.165, 1.54) is 26.3 Å². The van der Waals surface area contributed by atoms with E-state index in [1.807, 2.05) is 18.2 Å². The van der Waals surface area contributed by atoms with Gasteiger partial charge in [-0.15, -0.1) is 0 Å². The zero-order chi connectivity index (χ0) is 20.7. The summed E-state index contributed by atoms with van der Waals surface area (Å²) in [6.45, 7) is 7.04. The normalized spacial score (nSPS) is 16.8. The molecular formula is C21H26N2O4S. The van der Waals surface area contributed by atoms with Gasteiger partial charge in [-0.2, -0.15) is 0 Å². The van der Waals surface area contributed by atoms with Crippen molar-refractivity contribution in [2.24, 2.45) is 5.41 Å². The summed E-state index contributed by atoms with van der Waals surface area (Å²) >= 11 is 0. The fourth-order valence-corrected chi connectivity index (χ4v) is 4.54. The molecule has 0 fully saturated rings. The Balaban J connectivity index is 2.05. The Morgan fingerprint density at radius 1 is 1.18 bits per heavy atom. The molecule has 1 aliphatic rings. The van der Waals surface area contributed by atoms with Gasteiger partial charge in [0.2, 0.25) is 10.0 Å². The zero-order valence-electron chi connectivity index (χ0n) is 16.8. The van der Waals surface area contributed by atoms with Crippen LogP contribution in [-0.4, -0.2) is 35.0 Å². The maximum atomic E-state index is 13.3. The van der Waals surface area contributed by atoms with Crippen molar-refractivity contribution in [3.05, 3.63) is 53.6 Å². The number of carbonyl (C=O) groups is 1. The highest BCUT2D eigenvalue weighted by atomic mass is 32.2. The van der Waals surface area contributed by atoms with Crippen molar-refractivity contribution >= 4 is 21.6 Å². The summed E-state index contributed by atoms with van der Waals surface area (Å²) in [7, 11) is -1.03. The Hall–Kier alpha value is -2.38. The lowest BCUT2D eigenvalue weighted by Gasteiger charge is -2.27. The average molecular weight is 403 g/mol. The molecule has 1 unspecified atom stereocenters. The van der Waals surface area contributed by atoms with E-state index in [1.54, 1.807) is 11.0 Å². The summed E-state index contributed by atoms with van der Waals surface area (Å²) in [6, 6.07) is 12.4. The highest BCUT2D eigenvalue weighted by Gasteiger charge is 2.39. The summed E-state index contributed by atoms with van der Waals surface area (Å²) in [5, 5.41) is 0. The van der Waals surface area contributed by atoms with E-state index in [0.717, 1.165) is 11.3 Å². The van der Waals surface area contributed by atoms with Crippen molar-refractivity contribution in [1.29, 1.82) is 0 Å². The predicted molar refractivity (Wildman–Crippen MR) is 110 cm³/mol. The van der Waals surface area contributed by atoms with Crippen molar-refractivity contribution in [2.45, 2.75) is 31.6 Å². The number of para-hydroxylation sites is 1. The number of amides is 1. The molecule has 1 amide bonds. The van der Waals surface area contributed by atoms with Crippen molar-refractivity contribution in [2.75, 3.05) is 25.6 Å². The highest BCUT2D eigenvalue weighted by molar-refractivity contribution is 7.89. The van der Waals surface area contributed by atoms with Gasteiger partial charge in [-0.05, 0) is 42.3 Å². The molecule has 0 saturated heterocycles. The molecule has 1 N–H and O–H groups in total. The van der Waals surface area contributed by atoms with Gasteiger partial charge in [0.1, 0.15) is 10.6 Å². The molecule has 1 aliphatic heterocycles. The Morgan fingerprint density at radius 2 is 1.86 bits per heavy atom. The number of carbonyl (C=O) groups excluding carboxylic acids is 1. The van der Waals surface area contributed by atoms with E-state index in [0.29, 0.717) is 12.1 Å². The van der Waals surface area contributed by atoms with Crippen LogP contribution in [0.3, 0.4) is 0 Å². The number of methoxy groups -OCH3 is 1. The van der Waals surface area contributed by atoms with Crippen LogP contribution in [0.25, 0.3) is 0 Å². The van der Waals surface area contributed by atoms with Crippen molar-refractivity contribution < 1.29 is 17.9 Å². The van der Waals surface area contributed by atoms with Crippen LogP contribution in [0.15, 0.2) is 47.4 Å². The van der Waals surface area contributed by atoms with Crippen LogP contribution in [0, 0.1) is 5.41 Å². The van der Waals surface area contributed by atoms with E-state index in [2.05, 4.69) is 31.6 Å². The minimum atomic E-state index is -3.76. The Morgan fingerprint density at radius 3 is 2.46 bits per heavy atom. The number of hydrogen-bond donors (Lipinski definition) is 1. The predicted octanol–water partition coefficient (Wildman–Crippen LogP) is 3.39. The van der Waals surface area contributed by atoms with E-state index >= 15 is 0 Å². The quantitative estimate of drug-likeness (QED) is 0.851. The number of hydrogen-bond acceptors (Lipinski definition) is 4. The monoisotopic (exact) mass is 402 g/mol. The van der Waals surface area contributed by atoms with Crippen molar-refractivity contribution in [3.63, 3.8) is 0 Å². The molecule has 28 heavy (non-hydrogen) atoms. The first-order valence-corrected chi connectivity index (χ1v) is 10.6. The summed E-state index contributed by atoms with van der Waals surface area (Å²) in [5.74, 6) is 0.168. The molecule has 0 spiro atoms. The lowest BCUT2D eigenvalue weighted by molar-refractivity contribution is 0.0985. The fraction of sp³-hybridized carbons (Fsp3) is 0.381. The second-order valence-electron chi connectivity index (χ2n) is 7.97. The van der Waals surface area contributed by atoms with Crippen LogP contribution in [0.4, 0.5) is 5.69 Å². The second-order valence-corrected chi connectivity index (χ2v) is 9.82. The van der Waals surface area contributed by atoms with Gasteiger partial charge < -0.3 is 9.64 Å². The van der Waals surface area contributed by atoms with Crippen LogP contribution < -0.4 is 14.4 Å². The molecule has 1 atom stereocenters. The molecule has 2 aromatic rings. The van der Waals surface area contributed by atoms with Gasteiger partial charge in [0, 0.05) is 23.7 Å². The average Bonchev–Trinajstić information content (AvgIpc) is 3.07. The van der Waals surface area contributed by atoms with Crippen LogP contribution in [-0.2, 0) is 10.0 Å². The molecule has 3 rings (SSSR count). The van der Waals surface area contributed by atoms with Crippen LogP contribution >= 0.6 is 0 Å². The SMILES string of the molecule is CNS(=O)(=O)c1cc(C(=O)N2CC(C(C)(C)C)c3ccccc32)ccc1OC. The van der Waals surface area contributed by atoms with Crippen LogP contribution in [0.5, 0.6) is 5.75 Å². The molecule has 150 valence electrons. The number of benzene rings is 2. The number of nitrogens with zero attached hydrogens (tertiary/aromatic N) is 1. The molecule has 0 saturated carbocycles. The van der Waals surface area contributed by atoms with Crippen LogP contribution in [0.1, 0.15) is 42.6 Å². The van der Waals surface area contributed by atoms with Gasteiger partial charge >= 0.3 is 0 Å². The van der Waals surface area contributed by atoms with Crippen molar-refractivity contribution in [3.8, 4) is 5.75 Å². The van der Waals surface area contributed by atoms with Crippen LogP contribution in [0.2, 0.25) is 0 Å². The first-order chi connectivity index (χ1) is 13.1.